The lowest BCUT2D eigenvalue weighted by atomic mass is 10.1. The molecule has 11 nitrogen and oxygen atoms in total. The van der Waals surface area contributed by atoms with Crippen molar-refractivity contribution >= 4 is 50.0 Å². The predicted molar refractivity (Wildman–Crippen MR) is 160 cm³/mol. The molecule has 0 atom stereocenters. The van der Waals surface area contributed by atoms with Crippen molar-refractivity contribution in [3.63, 3.8) is 0 Å². The highest BCUT2D eigenvalue weighted by Gasteiger charge is 2.20. The van der Waals surface area contributed by atoms with E-state index in [0.29, 0.717) is 33.9 Å². The van der Waals surface area contributed by atoms with E-state index in [4.69, 9.17) is 9.47 Å². The largest absolute Gasteiger partial charge is 0.508 e. The van der Waals surface area contributed by atoms with Gasteiger partial charge in [0.1, 0.15) is 17.2 Å². The van der Waals surface area contributed by atoms with E-state index in [-0.39, 0.29) is 34.6 Å². The molecule has 0 unspecified atom stereocenters. The van der Waals surface area contributed by atoms with E-state index < -0.39 is 10.0 Å². The van der Waals surface area contributed by atoms with Crippen molar-refractivity contribution in [3.05, 3.63) is 96.6 Å². The number of rotatable bonds is 10. The van der Waals surface area contributed by atoms with Crippen LogP contribution in [0.5, 0.6) is 17.2 Å². The fourth-order valence-electron chi connectivity index (χ4n) is 4.17. The number of methoxy groups -OCH3 is 2. The summed E-state index contributed by atoms with van der Waals surface area (Å²) in [5.41, 5.74) is 2.44. The zero-order chi connectivity index (χ0) is 29.7. The van der Waals surface area contributed by atoms with E-state index in [1.54, 1.807) is 67.8 Å². The van der Waals surface area contributed by atoms with Gasteiger partial charge >= 0.3 is 0 Å². The number of carbonyl (C=O) groups is 1. The molecule has 42 heavy (non-hydrogen) atoms. The second-order valence-corrected chi connectivity index (χ2v) is 10.8. The van der Waals surface area contributed by atoms with Crippen LogP contribution in [0.25, 0.3) is 11.0 Å². The Kier molecular flexibility index (Phi) is 8.07. The number of aromatic nitrogens is 2. The molecule has 1 amide bonds. The Morgan fingerprint density at radius 1 is 0.786 bits per heavy atom. The third kappa shape index (κ3) is 6.67. The van der Waals surface area contributed by atoms with Crippen LogP contribution in [0.15, 0.2) is 95.9 Å². The summed E-state index contributed by atoms with van der Waals surface area (Å²) >= 11 is 0. The first-order valence-electron chi connectivity index (χ1n) is 12.7. The third-order valence-electron chi connectivity index (χ3n) is 6.12. The highest BCUT2D eigenvalue weighted by molar-refractivity contribution is 7.92. The van der Waals surface area contributed by atoms with Crippen LogP contribution in [0.1, 0.15) is 5.56 Å². The van der Waals surface area contributed by atoms with Crippen LogP contribution >= 0.6 is 0 Å². The van der Waals surface area contributed by atoms with Crippen molar-refractivity contribution in [1.82, 2.24) is 9.97 Å². The van der Waals surface area contributed by atoms with Crippen LogP contribution in [-0.4, -0.2) is 43.6 Å². The van der Waals surface area contributed by atoms with Gasteiger partial charge in [-0.2, -0.15) is 0 Å². The molecular formula is C30H27N5O6S. The number of nitrogens with zero attached hydrogens (tertiary/aromatic N) is 2. The van der Waals surface area contributed by atoms with Gasteiger partial charge in [0.15, 0.2) is 11.6 Å². The molecule has 0 aliphatic rings. The minimum absolute atomic E-state index is 0.0574. The van der Waals surface area contributed by atoms with E-state index in [0.717, 1.165) is 5.56 Å². The van der Waals surface area contributed by atoms with E-state index in [1.807, 2.05) is 0 Å². The summed E-state index contributed by atoms with van der Waals surface area (Å²) in [5, 5.41) is 15.8. The highest BCUT2D eigenvalue weighted by Crippen LogP contribution is 2.31. The Hall–Kier alpha value is -5.36. The molecule has 4 N–H and O–H groups in total. The molecule has 4 aromatic carbocycles. The standard InChI is InChI=1S/C30H27N5O6S/c1-40-23-9-5-7-19(13-23)14-28(37)31-20-8-6-10-25(17-20)42(38,39)35-30-29(33-26-11-3-4-12-27(26)34-30)32-21-15-22(36)18-24(16-21)41-2/h3-13,15-18,36H,14H2,1-2H3,(H,31,37)(H,32,33)(H,34,35). The first-order valence-corrected chi connectivity index (χ1v) is 14.2. The van der Waals surface area contributed by atoms with Gasteiger partial charge in [-0.25, -0.2) is 18.4 Å². The summed E-state index contributed by atoms with van der Waals surface area (Å²) in [7, 11) is -1.17. The van der Waals surface area contributed by atoms with Crippen LogP contribution in [-0.2, 0) is 21.2 Å². The number of nitrogens with one attached hydrogen (secondary N) is 3. The summed E-state index contributed by atoms with van der Waals surface area (Å²) in [6, 6.07) is 24.5. The smallest absolute Gasteiger partial charge is 0.263 e. The number of ether oxygens (including phenoxy) is 2. The fourth-order valence-corrected chi connectivity index (χ4v) is 5.22. The normalized spacial score (nSPS) is 11.1. The van der Waals surface area contributed by atoms with Gasteiger partial charge in [-0.15, -0.1) is 0 Å². The molecule has 214 valence electrons. The van der Waals surface area contributed by atoms with E-state index in [9.17, 15) is 18.3 Å². The first kappa shape index (κ1) is 28.2. The van der Waals surface area contributed by atoms with Crippen LogP contribution in [0.4, 0.5) is 23.0 Å². The second kappa shape index (κ2) is 12.0. The number of sulfonamides is 1. The molecule has 0 aliphatic carbocycles. The minimum atomic E-state index is -4.18. The molecule has 12 heteroatoms. The van der Waals surface area contributed by atoms with Crippen molar-refractivity contribution in [1.29, 1.82) is 0 Å². The summed E-state index contributed by atoms with van der Waals surface area (Å²) in [5.74, 6) is 0.681. The molecule has 0 aliphatic heterocycles. The molecule has 0 radical (unpaired) electrons. The van der Waals surface area contributed by atoms with Gasteiger partial charge in [-0.05, 0) is 48.0 Å². The number of amides is 1. The Morgan fingerprint density at radius 2 is 1.50 bits per heavy atom. The molecule has 5 aromatic rings. The maximum absolute atomic E-state index is 13.5. The lowest BCUT2D eigenvalue weighted by Gasteiger charge is -2.15. The molecule has 0 fully saturated rings. The zero-order valence-electron chi connectivity index (χ0n) is 22.7. The van der Waals surface area contributed by atoms with Crippen LogP contribution < -0.4 is 24.8 Å². The van der Waals surface area contributed by atoms with Gasteiger partial charge in [-0.1, -0.05) is 30.3 Å². The molecule has 5 rings (SSSR count). The number of phenolic OH excluding ortho intramolecular Hbond substituents is 1. The SMILES string of the molecule is COc1cccc(CC(=O)Nc2cccc(S(=O)(=O)Nc3nc4ccccc4nc3Nc3cc(O)cc(OC)c3)c2)c1. The number of hydrogen-bond acceptors (Lipinski definition) is 9. The van der Waals surface area contributed by atoms with Crippen LogP contribution in [0.2, 0.25) is 0 Å². The van der Waals surface area contributed by atoms with E-state index in [2.05, 4.69) is 25.3 Å². The maximum Gasteiger partial charge on any atom is 0.263 e. The van der Waals surface area contributed by atoms with E-state index >= 15 is 0 Å². The van der Waals surface area contributed by atoms with Crippen molar-refractivity contribution in [2.45, 2.75) is 11.3 Å². The summed E-state index contributed by atoms with van der Waals surface area (Å²) < 4.78 is 39.9. The van der Waals surface area contributed by atoms with Gasteiger partial charge < -0.3 is 25.2 Å². The maximum atomic E-state index is 13.5. The fraction of sp³-hybridized carbons (Fsp3) is 0.100. The average Bonchev–Trinajstić information content (AvgIpc) is 2.97. The number of para-hydroxylation sites is 2. The van der Waals surface area contributed by atoms with Gasteiger partial charge in [0.05, 0.1) is 36.6 Å². The summed E-state index contributed by atoms with van der Waals surface area (Å²) in [6.45, 7) is 0. The molecular weight excluding hydrogens is 558 g/mol. The van der Waals surface area contributed by atoms with Crippen molar-refractivity contribution < 1.29 is 27.8 Å². The van der Waals surface area contributed by atoms with Crippen LogP contribution in [0, 0.1) is 0 Å². The Bertz CT molecular complexity index is 1880. The van der Waals surface area contributed by atoms with Crippen molar-refractivity contribution in [2.75, 3.05) is 29.6 Å². The predicted octanol–water partition coefficient (Wildman–Crippen LogP) is 5.08. The average molecular weight is 586 g/mol. The quantitative estimate of drug-likeness (QED) is 0.176. The third-order valence-corrected chi connectivity index (χ3v) is 7.45. The lowest BCUT2D eigenvalue weighted by Crippen LogP contribution is -2.17. The van der Waals surface area contributed by atoms with Crippen molar-refractivity contribution in [2.24, 2.45) is 0 Å². The van der Waals surface area contributed by atoms with Gasteiger partial charge in [-0.3, -0.25) is 9.52 Å². The zero-order valence-corrected chi connectivity index (χ0v) is 23.5. The van der Waals surface area contributed by atoms with E-state index in [1.165, 1.54) is 37.4 Å². The first-order chi connectivity index (χ1) is 20.2. The monoisotopic (exact) mass is 585 g/mol. The number of hydrogen-bond donors (Lipinski definition) is 4. The molecule has 0 bridgehead atoms. The number of phenols is 1. The molecule has 1 heterocycles. The Labute approximate surface area is 242 Å². The Morgan fingerprint density at radius 3 is 2.24 bits per heavy atom. The second-order valence-electron chi connectivity index (χ2n) is 9.16. The summed E-state index contributed by atoms with van der Waals surface area (Å²) in [6.07, 6.45) is 0.0773. The number of carbonyl (C=O) groups excluding carboxylic acids is 1. The molecule has 0 saturated carbocycles. The molecule has 0 saturated heterocycles. The Balaban J connectivity index is 1.41. The number of benzene rings is 4. The minimum Gasteiger partial charge on any atom is -0.508 e. The highest BCUT2D eigenvalue weighted by atomic mass is 32.2. The molecule has 0 spiro atoms. The number of fused-ring (bicyclic) bond motifs is 1. The van der Waals surface area contributed by atoms with Gasteiger partial charge in [0.2, 0.25) is 5.91 Å². The number of anilines is 4. The van der Waals surface area contributed by atoms with Gasteiger partial charge in [0, 0.05) is 29.6 Å². The topological polar surface area (TPSA) is 152 Å². The lowest BCUT2D eigenvalue weighted by molar-refractivity contribution is -0.115. The number of aromatic hydroxyl groups is 1. The van der Waals surface area contributed by atoms with Gasteiger partial charge in [0.25, 0.3) is 10.0 Å². The van der Waals surface area contributed by atoms with Crippen molar-refractivity contribution in [3.8, 4) is 17.2 Å². The molecule has 1 aromatic heterocycles. The van der Waals surface area contributed by atoms with Crippen LogP contribution in [0.3, 0.4) is 0 Å². The summed E-state index contributed by atoms with van der Waals surface area (Å²) in [4.78, 5) is 21.6.